The molecule has 0 aliphatic carbocycles. The summed E-state index contributed by atoms with van der Waals surface area (Å²) < 4.78 is 4.82. The summed E-state index contributed by atoms with van der Waals surface area (Å²) in [5.74, 6) is 0.803. The van der Waals surface area contributed by atoms with Crippen LogP contribution in [-0.4, -0.2) is 19.1 Å². The highest BCUT2D eigenvalue weighted by Gasteiger charge is 2.23. The first-order valence-electron chi connectivity index (χ1n) is 19.1. The number of rotatable bonds is 4. The third-order valence-corrected chi connectivity index (χ3v) is 11.4. The van der Waals surface area contributed by atoms with E-state index in [2.05, 4.69) is 191 Å². The van der Waals surface area contributed by atoms with Crippen LogP contribution in [0.3, 0.4) is 0 Å². The first-order chi connectivity index (χ1) is 27.8. The zero-order valence-electron chi connectivity index (χ0n) is 30.3. The summed E-state index contributed by atoms with van der Waals surface area (Å²) >= 11 is 0. The lowest BCUT2D eigenvalue weighted by Crippen LogP contribution is -2.04. The lowest BCUT2D eigenvalue weighted by Gasteiger charge is -2.15. The largest absolute Gasteiger partial charge is 0.309 e. The summed E-state index contributed by atoms with van der Waals surface area (Å²) in [6, 6.07) is 69.6. The Morgan fingerprint density at radius 2 is 0.857 bits per heavy atom. The molecule has 0 spiro atoms. The Kier molecular flexibility index (Phi) is 6.60. The van der Waals surface area contributed by atoms with Crippen LogP contribution in [0.4, 0.5) is 0 Å². The van der Waals surface area contributed by atoms with E-state index >= 15 is 0 Å². The Labute approximate surface area is 322 Å². The zero-order chi connectivity index (χ0) is 36.7. The molecule has 0 unspecified atom stereocenters. The molecule has 0 atom stereocenters. The van der Waals surface area contributed by atoms with Gasteiger partial charge in [0.05, 0.1) is 38.8 Å². The minimum atomic E-state index is 0.803. The van der Waals surface area contributed by atoms with E-state index in [1.165, 1.54) is 59.7 Å². The predicted octanol–water partition coefficient (Wildman–Crippen LogP) is 13.5. The van der Waals surface area contributed by atoms with Gasteiger partial charge in [-0.3, -0.25) is 4.57 Å². The van der Waals surface area contributed by atoms with Gasteiger partial charge < -0.3 is 4.57 Å². The van der Waals surface area contributed by atoms with Crippen molar-refractivity contribution >= 4 is 76.2 Å². The van der Waals surface area contributed by atoms with Crippen molar-refractivity contribution in [3.8, 4) is 33.9 Å². The van der Waals surface area contributed by atoms with Crippen molar-refractivity contribution in [1.29, 1.82) is 0 Å². The van der Waals surface area contributed by atoms with Crippen molar-refractivity contribution < 1.29 is 0 Å². The molecule has 0 N–H and O–H groups in total. The van der Waals surface area contributed by atoms with Crippen LogP contribution in [-0.2, 0) is 0 Å². The molecule has 56 heavy (non-hydrogen) atoms. The van der Waals surface area contributed by atoms with Crippen molar-refractivity contribution in [2.75, 3.05) is 0 Å². The van der Waals surface area contributed by atoms with Crippen LogP contribution in [0, 0.1) is 0 Å². The van der Waals surface area contributed by atoms with Gasteiger partial charge in [0.25, 0.3) is 0 Å². The van der Waals surface area contributed by atoms with Crippen LogP contribution in [0.25, 0.3) is 110 Å². The molecule has 12 rings (SSSR count). The maximum Gasteiger partial charge on any atom is 0.165 e. The van der Waals surface area contributed by atoms with Gasteiger partial charge in [0.15, 0.2) is 5.82 Å². The van der Waals surface area contributed by atoms with Crippen LogP contribution >= 0.6 is 0 Å². The first-order valence-corrected chi connectivity index (χ1v) is 19.1. The highest BCUT2D eigenvalue weighted by atomic mass is 15.1. The van der Waals surface area contributed by atoms with E-state index in [9.17, 15) is 0 Å². The van der Waals surface area contributed by atoms with Crippen molar-refractivity contribution in [2.45, 2.75) is 0 Å². The third kappa shape index (κ3) is 4.60. The van der Waals surface area contributed by atoms with Crippen LogP contribution < -0.4 is 0 Å². The van der Waals surface area contributed by atoms with Gasteiger partial charge in [-0.2, -0.15) is 0 Å². The Morgan fingerprint density at radius 3 is 1.59 bits per heavy atom. The molecule has 12 aromatic rings. The summed E-state index contributed by atoms with van der Waals surface area (Å²) in [7, 11) is 0. The Morgan fingerprint density at radius 1 is 0.321 bits per heavy atom. The molecule has 0 fully saturated rings. The van der Waals surface area contributed by atoms with Crippen LogP contribution in [0.2, 0.25) is 0 Å². The highest BCUT2D eigenvalue weighted by molar-refractivity contribution is 6.20. The van der Waals surface area contributed by atoms with Gasteiger partial charge in [-0.1, -0.05) is 140 Å². The van der Waals surface area contributed by atoms with Crippen LogP contribution in [0.15, 0.2) is 194 Å². The molecular weight excluding hydrogens is 681 g/mol. The molecule has 0 aliphatic heterocycles. The van der Waals surface area contributed by atoms with Crippen molar-refractivity contribution in [3.63, 3.8) is 0 Å². The van der Waals surface area contributed by atoms with Gasteiger partial charge >= 0.3 is 0 Å². The third-order valence-electron chi connectivity index (χ3n) is 11.4. The fourth-order valence-corrected chi connectivity index (χ4v) is 8.85. The first kappa shape index (κ1) is 30.9. The Bertz CT molecular complexity index is 3520. The van der Waals surface area contributed by atoms with E-state index in [-0.39, 0.29) is 0 Å². The smallest absolute Gasteiger partial charge is 0.165 e. The number of aromatic nitrogens is 4. The van der Waals surface area contributed by atoms with E-state index < -0.39 is 0 Å². The van der Waals surface area contributed by atoms with E-state index in [1.807, 2.05) is 12.1 Å². The molecule has 0 radical (unpaired) electrons. The van der Waals surface area contributed by atoms with Crippen LogP contribution in [0.5, 0.6) is 0 Å². The molecule has 0 amide bonds. The topological polar surface area (TPSA) is 35.6 Å². The van der Waals surface area contributed by atoms with E-state index in [0.717, 1.165) is 50.4 Å². The maximum atomic E-state index is 5.48. The van der Waals surface area contributed by atoms with Gasteiger partial charge in [0.1, 0.15) is 5.69 Å². The number of nitrogens with zero attached hydrogens (tertiary/aromatic N) is 4. The molecule has 4 nitrogen and oxygen atoms in total. The SMILES string of the molecule is c1ccc(-c2ccc(-c3nc4ccccc4nc3-n3c4cc5ccccc5cc4c4c(-n5c6ccccc6c6cc7ccccc7cc65)cccc43)cc2)cc1. The number of fused-ring (bicyclic) bond motifs is 9. The average Bonchev–Trinajstić information content (AvgIpc) is 3.76. The number of hydrogen-bond acceptors (Lipinski definition) is 2. The molecule has 260 valence electrons. The van der Waals surface area contributed by atoms with E-state index in [0.29, 0.717) is 0 Å². The van der Waals surface area contributed by atoms with Crippen molar-refractivity contribution in [1.82, 2.24) is 19.1 Å². The molecule has 0 saturated carbocycles. The zero-order valence-corrected chi connectivity index (χ0v) is 30.3. The standard InChI is InChI=1S/C52H32N4/c1-2-13-33(14-3-1)34-25-27-35(28-26-34)51-52(54-44-21-10-9-20-43(44)53-51)56-47-24-12-23-46(50(47)42-30-37-16-5-7-18-39(37)32-49(42)56)55-45-22-11-8-19-40(45)41-29-36-15-4-6-17-38(36)31-48(41)55/h1-32H. The van der Waals surface area contributed by atoms with E-state index in [1.54, 1.807) is 0 Å². The molecule has 4 heteroatoms. The minimum absolute atomic E-state index is 0.803. The van der Waals surface area contributed by atoms with Crippen molar-refractivity contribution in [3.05, 3.63) is 194 Å². The maximum absolute atomic E-state index is 5.48. The summed E-state index contributed by atoms with van der Waals surface area (Å²) in [6.45, 7) is 0. The summed E-state index contributed by atoms with van der Waals surface area (Å²) in [4.78, 5) is 10.8. The van der Waals surface area contributed by atoms with Gasteiger partial charge in [-0.05, 0) is 87.3 Å². The summed E-state index contributed by atoms with van der Waals surface area (Å²) in [5.41, 5.74) is 11.6. The predicted molar refractivity (Wildman–Crippen MR) is 234 cm³/mol. The lowest BCUT2D eigenvalue weighted by atomic mass is 10.0. The van der Waals surface area contributed by atoms with E-state index in [4.69, 9.17) is 9.97 Å². The van der Waals surface area contributed by atoms with Gasteiger partial charge in [0, 0.05) is 27.1 Å². The Hall–Kier alpha value is -7.56. The summed E-state index contributed by atoms with van der Waals surface area (Å²) in [6.07, 6.45) is 0. The molecule has 3 heterocycles. The second kappa shape index (κ2) is 12.0. The van der Waals surface area contributed by atoms with Crippen molar-refractivity contribution in [2.24, 2.45) is 0 Å². The molecular formula is C52H32N4. The lowest BCUT2D eigenvalue weighted by molar-refractivity contribution is 1.08. The average molecular weight is 713 g/mol. The molecule has 0 aliphatic rings. The fourth-order valence-electron chi connectivity index (χ4n) is 8.85. The van der Waals surface area contributed by atoms with Gasteiger partial charge in [-0.25, -0.2) is 9.97 Å². The number of para-hydroxylation sites is 3. The number of hydrogen-bond donors (Lipinski definition) is 0. The summed E-state index contributed by atoms with van der Waals surface area (Å²) in [5, 5.41) is 9.65. The molecule has 9 aromatic carbocycles. The van der Waals surface area contributed by atoms with Gasteiger partial charge in [0.2, 0.25) is 0 Å². The molecule has 3 aromatic heterocycles. The number of benzene rings is 9. The fraction of sp³-hybridized carbons (Fsp3) is 0. The second-order valence-electron chi connectivity index (χ2n) is 14.6. The molecule has 0 bridgehead atoms. The Balaban J connectivity index is 1.20. The second-order valence-corrected chi connectivity index (χ2v) is 14.6. The monoisotopic (exact) mass is 712 g/mol. The normalized spacial score (nSPS) is 11.9. The van der Waals surface area contributed by atoms with Crippen LogP contribution in [0.1, 0.15) is 0 Å². The quantitative estimate of drug-likeness (QED) is 0.182. The molecule has 0 saturated heterocycles. The minimum Gasteiger partial charge on any atom is -0.309 e. The van der Waals surface area contributed by atoms with Gasteiger partial charge in [-0.15, -0.1) is 0 Å². The highest BCUT2D eigenvalue weighted by Crippen LogP contribution is 2.43.